The van der Waals surface area contributed by atoms with Crippen LogP contribution in [0.4, 0.5) is 23.7 Å². The maximum Gasteiger partial charge on any atom is 0.322 e. The maximum absolute atomic E-state index is 13.9. The number of carbonyl (C=O) groups excluding carboxylic acids is 1. The van der Waals surface area contributed by atoms with Crippen LogP contribution in [0.5, 0.6) is 0 Å². The fourth-order valence-corrected chi connectivity index (χ4v) is 3.27. The van der Waals surface area contributed by atoms with Crippen molar-refractivity contribution in [3.8, 4) is 0 Å². The molecular formula is C21H21F3N4O3. The Kier molecular flexibility index (Phi) is 6.59. The summed E-state index contributed by atoms with van der Waals surface area (Å²) in [4.78, 5) is 26.6. The third-order valence-corrected chi connectivity index (χ3v) is 4.90. The molecule has 7 nitrogen and oxygen atoms in total. The number of urea groups is 1. The van der Waals surface area contributed by atoms with Crippen molar-refractivity contribution in [1.29, 1.82) is 0 Å². The van der Waals surface area contributed by atoms with Crippen LogP contribution in [0.1, 0.15) is 25.1 Å². The zero-order chi connectivity index (χ0) is 22.7. The van der Waals surface area contributed by atoms with Crippen LogP contribution in [0.15, 0.2) is 41.2 Å². The van der Waals surface area contributed by atoms with Gasteiger partial charge < -0.3 is 15.3 Å². The van der Waals surface area contributed by atoms with Crippen LogP contribution in [-0.2, 0) is 7.05 Å². The highest BCUT2D eigenvalue weighted by molar-refractivity contribution is 5.90. The number of rotatable bonds is 6. The number of carbonyl (C=O) groups is 1. The molecule has 1 aromatic heterocycles. The topological polar surface area (TPSA) is 87.5 Å². The molecule has 31 heavy (non-hydrogen) atoms. The molecule has 164 valence electrons. The molecule has 1 heterocycles. The van der Waals surface area contributed by atoms with Crippen LogP contribution >= 0.6 is 0 Å². The van der Waals surface area contributed by atoms with Gasteiger partial charge in [-0.25, -0.2) is 22.6 Å². The number of nitrogens with one attached hydrogen (secondary N) is 1. The third kappa shape index (κ3) is 4.69. The molecule has 0 spiro atoms. The second kappa shape index (κ2) is 9.17. The Balaban J connectivity index is 2.04. The SMILES string of the molecule is CC(c1nn(C)c(=O)c2cc(F)c(F)cc12)N(CCCO)C(=O)Nc1ccc(F)cc1. The zero-order valence-electron chi connectivity index (χ0n) is 16.9. The van der Waals surface area contributed by atoms with E-state index in [0.29, 0.717) is 5.69 Å². The minimum Gasteiger partial charge on any atom is -0.396 e. The highest BCUT2D eigenvalue weighted by atomic mass is 19.2. The lowest BCUT2D eigenvalue weighted by Crippen LogP contribution is -2.39. The standard InChI is InChI=1S/C21H21F3N4O3/c1-12(19-15-10-17(23)18(24)11-16(15)20(30)27(2)26-19)28(8-3-9-29)21(31)25-14-6-4-13(22)5-7-14/h4-7,10-12,29H,3,8-9H2,1-2H3,(H,25,31). The number of anilines is 1. The molecule has 0 fully saturated rings. The van der Waals surface area contributed by atoms with Crippen molar-refractivity contribution in [2.45, 2.75) is 19.4 Å². The number of aromatic nitrogens is 2. The Morgan fingerprint density at radius 1 is 1.16 bits per heavy atom. The molecule has 2 aromatic carbocycles. The molecule has 1 atom stereocenters. The minimum atomic E-state index is -1.17. The Morgan fingerprint density at radius 2 is 1.77 bits per heavy atom. The second-order valence-electron chi connectivity index (χ2n) is 7.01. The lowest BCUT2D eigenvalue weighted by molar-refractivity contribution is 0.181. The van der Waals surface area contributed by atoms with Crippen molar-refractivity contribution in [3.63, 3.8) is 0 Å². The summed E-state index contributed by atoms with van der Waals surface area (Å²) in [6.07, 6.45) is 0.244. The van der Waals surface area contributed by atoms with Gasteiger partial charge in [0.15, 0.2) is 11.6 Å². The first-order valence-corrected chi connectivity index (χ1v) is 9.53. The summed E-state index contributed by atoms with van der Waals surface area (Å²) < 4.78 is 41.8. The molecule has 0 saturated heterocycles. The van der Waals surface area contributed by atoms with E-state index >= 15 is 0 Å². The number of aliphatic hydroxyl groups excluding tert-OH is 1. The van der Waals surface area contributed by atoms with Crippen LogP contribution in [0.3, 0.4) is 0 Å². The second-order valence-corrected chi connectivity index (χ2v) is 7.01. The fourth-order valence-electron chi connectivity index (χ4n) is 3.27. The lowest BCUT2D eigenvalue weighted by atomic mass is 10.0. The first kappa shape index (κ1) is 22.3. The van der Waals surface area contributed by atoms with E-state index in [1.54, 1.807) is 6.92 Å². The molecule has 0 bridgehead atoms. The number of halogens is 3. The molecule has 0 aliphatic rings. The van der Waals surface area contributed by atoms with E-state index in [2.05, 4.69) is 10.4 Å². The van der Waals surface area contributed by atoms with Gasteiger partial charge in [0.25, 0.3) is 5.56 Å². The van der Waals surface area contributed by atoms with Crippen LogP contribution in [0.2, 0.25) is 0 Å². The largest absolute Gasteiger partial charge is 0.396 e. The van der Waals surface area contributed by atoms with Crippen molar-refractivity contribution in [2.75, 3.05) is 18.5 Å². The first-order chi connectivity index (χ1) is 14.7. The smallest absolute Gasteiger partial charge is 0.322 e. The van der Waals surface area contributed by atoms with Gasteiger partial charge in [-0.2, -0.15) is 5.10 Å². The summed E-state index contributed by atoms with van der Waals surface area (Å²) in [6, 6.07) is 5.51. The van der Waals surface area contributed by atoms with Crippen molar-refractivity contribution in [1.82, 2.24) is 14.7 Å². The molecule has 0 aliphatic heterocycles. The molecule has 2 N–H and O–H groups in total. The fraction of sp³-hybridized carbons (Fsp3) is 0.286. The number of aryl methyl sites for hydroxylation is 1. The molecule has 0 radical (unpaired) electrons. The molecule has 2 amide bonds. The van der Waals surface area contributed by atoms with E-state index in [1.807, 2.05) is 0 Å². The summed E-state index contributed by atoms with van der Waals surface area (Å²) in [7, 11) is 1.37. The van der Waals surface area contributed by atoms with Crippen molar-refractivity contribution in [3.05, 3.63) is 69.9 Å². The summed E-state index contributed by atoms with van der Waals surface area (Å²) in [5.41, 5.74) is -0.0790. The average molecular weight is 434 g/mol. The molecule has 3 aromatic rings. The molecule has 0 saturated carbocycles. The normalized spacial score (nSPS) is 12.1. The minimum absolute atomic E-state index is 0.0701. The third-order valence-electron chi connectivity index (χ3n) is 4.90. The predicted octanol–water partition coefficient (Wildman–Crippen LogP) is 3.33. The summed E-state index contributed by atoms with van der Waals surface area (Å²) >= 11 is 0. The number of nitrogens with zero attached hydrogens (tertiary/aromatic N) is 3. The van der Waals surface area contributed by atoms with Gasteiger partial charge in [-0.1, -0.05) is 0 Å². The summed E-state index contributed by atoms with van der Waals surface area (Å²) in [5, 5.41) is 16.1. The van der Waals surface area contributed by atoms with Crippen molar-refractivity contribution >= 4 is 22.5 Å². The first-order valence-electron chi connectivity index (χ1n) is 9.53. The predicted molar refractivity (Wildman–Crippen MR) is 109 cm³/mol. The maximum atomic E-state index is 13.9. The van der Waals surface area contributed by atoms with Gasteiger partial charge in [-0.15, -0.1) is 0 Å². The van der Waals surface area contributed by atoms with Crippen LogP contribution in [-0.4, -0.2) is 39.0 Å². The van der Waals surface area contributed by atoms with Crippen LogP contribution in [0.25, 0.3) is 10.8 Å². The van der Waals surface area contributed by atoms with Crippen molar-refractivity contribution < 1.29 is 23.1 Å². The Labute approximate surface area is 175 Å². The highest BCUT2D eigenvalue weighted by Crippen LogP contribution is 2.27. The zero-order valence-corrected chi connectivity index (χ0v) is 16.9. The quantitative estimate of drug-likeness (QED) is 0.623. The van der Waals surface area contributed by atoms with Crippen LogP contribution in [0, 0.1) is 17.5 Å². The molecule has 3 rings (SSSR count). The van der Waals surface area contributed by atoms with Gasteiger partial charge in [-0.3, -0.25) is 4.79 Å². The number of aliphatic hydroxyl groups is 1. The van der Waals surface area contributed by atoms with Gasteiger partial charge in [-0.05, 0) is 49.7 Å². The van der Waals surface area contributed by atoms with E-state index < -0.39 is 35.1 Å². The number of hydrogen-bond acceptors (Lipinski definition) is 4. The van der Waals surface area contributed by atoms with E-state index in [9.17, 15) is 27.9 Å². The number of benzene rings is 2. The van der Waals surface area contributed by atoms with E-state index in [4.69, 9.17) is 0 Å². The van der Waals surface area contributed by atoms with E-state index in [1.165, 1.54) is 36.2 Å². The van der Waals surface area contributed by atoms with Gasteiger partial charge >= 0.3 is 6.03 Å². The van der Waals surface area contributed by atoms with Gasteiger partial charge in [0.05, 0.1) is 17.1 Å². The monoisotopic (exact) mass is 434 g/mol. The number of amides is 2. The van der Waals surface area contributed by atoms with Gasteiger partial charge in [0.2, 0.25) is 0 Å². The summed E-state index contributed by atoms with van der Waals surface area (Å²) in [6.45, 7) is 1.55. The van der Waals surface area contributed by atoms with Crippen LogP contribution < -0.4 is 10.9 Å². The average Bonchev–Trinajstić information content (AvgIpc) is 2.74. The number of hydrogen-bond donors (Lipinski definition) is 2. The molecule has 0 aliphatic carbocycles. The Bertz CT molecular complexity index is 1170. The van der Waals surface area contributed by atoms with E-state index in [0.717, 1.165) is 16.8 Å². The Hall–Kier alpha value is -3.40. The summed E-state index contributed by atoms with van der Waals surface area (Å²) in [5.74, 6) is -2.77. The van der Waals surface area contributed by atoms with Gasteiger partial charge in [0, 0.05) is 31.3 Å². The lowest BCUT2D eigenvalue weighted by Gasteiger charge is -2.29. The molecular weight excluding hydrogens is 413 g/mol. The molecule has 10 heteroatoms. The van der Waals surface area contributed by atoms with Gasteiger partial charge in [0.1, 0.15) is 5.82 Å². The Morgan fingerprint density at radius 3 is 2.39 bits per heavy atom. The molecule has 1 unspecified atom stereocenters. The highest BCUT2D eigenvalue weighted by Gasteiger charge is 2.26. The van der Waals surface area contributed by atoms with Crippen molar-refractivity contribution in [2.24, 2.45) is 7.05 Å². The van der Waals surface area contributed by atoms with E-state index in [-0.39, 0.29) is 36.0 Å². The number of fused-ring (bicyclic) bond motifs is 1.